The minimum Gasteiger partial charge on any atom is -0.324 e. The number of urea groups is 1. The van der Waals surface area contributed by atoms with Crippen LogP contribution in [0.15, 0.2) is 12.3 Å². The molecule has 0 saturated carbocycles. The molecule has 5 nitrogen and oxygen atoms in total. The zero-order valence-corrected chi connectivity index (χ0v) is 14.3. The van der Waals surface area contributed by atoms with Crippen LogP contribution < -0.4 is 5.32 Å². The standard InChI is InChI=1S/C18H28N4O/c1-14-11-19-15(2)10-17(14)20-18(23)22-9-6-16(13-22)12-21-7-4-3-5-8-21/h10-11,16H,3-9,12-13H2,1-2H3,(H,19,20,23). The lowest BCUT2D eigenvalue weighted by Gasteiger charge is -2.29. The van der Waals surface area contributed by atoms with Crippen molar-refractivity contribution in [3.8, 4) is 0 Å². The van der Waals surface area contributed by atoms with Crippen molar-refractivity contribution in [1.29, 1.82) is 0 Å². The zero-order chi connectivity index (χ0) is 16.2. The fraction of sp³-hybridized carbons (Fsp3) is 0.667. The number of carbonyl (C=O) groups excluding carboxylic acids is 1. The number of aryl methyl sites for hydroxylation is 2. The second-order valence-electron chi connectivity index (χ2n) is 7.03. The molecule has 2 fully saturated rings. The van der Waals surface area contributed by atoms with Gasteiger partial charge in [-0.1, -0.05) is 6.42 Å². The minimum absolute atomic E-state index is 0.0276. The Labute approximate surface area is 139 Å². The minimum atomic E-state index is 0.0276. The molecule has 1 atom stereocenters. The third kappa shape index (κ3) is 4.22. The normalized spacial score (nSPS) is 22.3. The average molecular weight is 316 g/mol. The number of rotatable bonds is 3. The van der Waals surface area contributed by atoms with Gasteiger partial charge in [-0.15, -0.1) is 0 Å². The molecule has 0 spiro atoms. The van der Waals surface area contributed by atoms with Crippen molar-refractivity contribution in [2.24, 2.45) is 5.92 Å². The van der Waals surface area contributed by atoms with E-state index in [-0.39, 0.29) is 6.03 Å². The Balaban J connectivity index is 1.51. The Morgan fingerprint density at radius 1 is 1.26 bits per heavy atom. The van der Waals surface area contributed by atoms with Crippen LogP contribution in [0.25, 0.3) is 0 Å². The molecule has 2 saturated heterocycles. The Bertz CT molecular complexity index is 554. The van der Waals surface area contributed by atoms with Crippen LogP contribution in [-0.4, -0.2) is 53.5 Å². The van der Waals surface area contributed by atoms with E-state index in [1.807, 2.05) is 31.0 Å². The van der Waals surface area contributed by atoms with Crippen LogP contribution in [0.2, 0.25) is 0 Å². The molecule has 3 heterocycles. The predicted octanol–water partition coefficient (Wildman–Crippen LogP) is 3.04. The molecule has 1 N–H and O–H groups in total. The number of amides is 2. The van der Waals surface area contributed by atoms with Gasteiger partial charge in [0.2, 0.25) is 0 Å². The molecule has 3 rings (SSSR count). The van der Waals surface area contributed by atoms with E-state index in [1.54, 1.807) is 0 Å². The Morgan fingerprint density at radius 2 is 2.04 bits per heavy atom. The molecular weight excluding hydrogens is 288 g/mol. The second-order valence-corrected chi connectivity index (χ2v) is 7.03. The quantitative estimate of drug-likeness (QED) is 0.932. The third-order valence-electron chi connectivity index (χ3n) is 5.02. The van der Waals surface area contributed by atoms with Gasteiger partial charge in [0, 0.05) is 37.2 Å². The lowest BCUT2D eigenvalue weighted by atomic mass is 10.1. The first-order valence-corrected chi connectivity index (χ1v) is 8.83. The molecular formula is C18H28N4O. The summed E-state index contributed by atoms with van der Waals surface area (Å²) in [6.07, 6.45) is 6.97. The van der Waals surface area contributed by atoms with Crippen LogP contribution in [0.1, 0.15) is 36.9 Å². The van der Waals surface area contributed by atoms with Crippen molar-refractivity contribution < 1.29 is 4.79 Å². The summed E-state index contributed by atoms with van der Waals surface area (Å²) < 4.78 is 0. The van der Waals surface area contributed by atoms with E-state index in [4.69, 9.17) is 0 Å². The van der Waals surface area contributed by atoms with E-state index in [1.165, 1.54) is 32.4 Å². The van der Waals surface area contributed by atoms with Crippen LogP contribution in [0.3, 0.4) is 0 Å². The highest BCUT2D eigenvalue weighted by molar-refractivity contribution is 5.90. The van der Waals surface area contributed by atoms with Crippen LogP contribution in [0.4, 0.5) is 10.5 Å². The molecule has 0 bridgehead atoms. The number of likely N-dealkylation sites (tertiary alicyclic amines) is 2. The van der Waals surface area contributed by atoms with Gasteiger partial charge in [0.25, 0.3) is 0 Å². The van der Waals surface area contributed by atoms with Gasteiger partial charge in [0.15, 0.2) is 0 Å². The topological polar surface area (TPSA) is 48.5 Å². The monoisotopic (exact) mass is 316 g/mol. The van der Waals surface area contributed by atoms with E-state index in [9.17, 15) is 4.79 Å². The molecule has 2 aliphatic heterocycles. The predicted molar refractivity (Wildman–Crippen MR) is 92.7 cm³/mol. The first-order valence-electron chi connectivity index (χ1n) is 8.83. The fourth-order valence-electron chi connectivity index (χ4n) is 3.63. The number of anilines is 1. The number of nitrogens with one attached hydrogen (secondary N) is 1. The van der Waals surface area contributed by atoms with Gasteiger partial charge in [-0.05, 0) is 63.7 Å². The van der Waals surface area contributed by atoms with E-state index < -0.39 is 0 Å². The highest BCUT2D eigenvalue weighted by Crippen LogP contribution is 2.21. The highest BCUT2D eigenvalue weighted by atomic mass is 16.2. The molecule has 2 amide bonds. The smallest absolute Gasteiger partial charge is 0.321 e. The van der Waals surface area contributed by atoms with E-state index in [2.05, 4.69) is 15.2 Å². The van der Waals surface area contributed by atoms with Gasteiger partial charge in [-0.3, -0.25) is 4.98 Å². The van der Waals surface area contributed by atoms with Crippen LogP contribution in [0, 0.1) is 19.8 Å². The maximum absolute atomic E-state index is 12.5. The first kappa shape index (κ1) is 16.2. The Kier molecular flexibility index (Phi) is 5.16. The molecule has 1 aromatic rings. The average Bonchev–Trinajstić information content (AvgIpc) is 3.00. The molecule has 5 heteroatoms. The van der Waals surface area contributed by atoms with Crippen LogP contribution in [0.5, 0.6) is 0 Å². The number of piperidine rings is 1. The van der Waals surface area contributed by atoms with E-state index >= 15 is 0 Å². The van der Waals surface area contributed by atoms with Crippen LogP contribution >= 0.6 is 0 Å². The van der Waals surface area contributed by atoms with Gasteiger partial charge < -0.3 is 15.1 Å². The maximum Gasteiger partial charge on any atom is 0.321 e. The summed E-state index contributed by atoms with van der Waals surface area (Å²) >= 11 is 0. The molecule has 126 valence electrons. The molecule has 1 unspecified atom stereocenters. The van der Waals surface area contributed by atoms with Gasteiger partial charge in [0.1, 0.15) is 0 Å². The number of pyridine rings is 1. The number of carbonyl (C=O) groups is 1. The summed E-state index contributed by atoms with van der Waals surface area (Å²) in [5.74, 6) is 0.624. The number of aromatic nitrogens is 1. The van der Waals surface area contributed by atoms with Gasteiger partial charge in [-0.25, -0.2) is 4.79 Å². The SMILES string of the molecule is Cc1cc(NC(=O)N2CCC(CN3CCCCC3)C2)c(C)cn1. The summed E-state index contributed by atoms with van der Waals surface area (Å²) in [6, 6.07) is 1.97. The van der Waals surface area contributed by atoms with Crippen molar-refractivity contribution in [2.45, 2.75) is 39.5 Å². The molecule has 0 aromatic carbocycles. The lowest BCUT2D eigenvalue weighted by Crippen LogP contribution is -2.37. The molecule has 0 radical (unpaired) electrons. The van der Waals surface area contributed by atoms with E-state index in [0.29, 0.717) is 5.92 Å². The first-order chi connectivity index (χ1) is 11.1. The van der Waals surface area contributed by atoms with Gasteiger partial charge in [0.05, 0.1) is 0 Å². The number of hydrogen-bond donors (Lipinski definition) is 1. The zero-order valence-electron chi connectivity index (χ0n) is 14.3. The largest absolute Gasteiger partial charge is 0.324 e. The second kappa shape index (κ2) is 7.30. The Morgan fingerprint density at radius 3 is 2.83 bits per heavy atom. The van der Waals surface area contributed by atoms with Crippen molar-refractivity contribution in [3.63, 3.8) is 0 Å². The molecule has 23 heavy (non-hydrogen) atoms. The number of nitrogens with zero attached hydrogens (tertiary/aromatic N) is 3. The summed E-state index contributed by atoms with van der Waals surface area (Å²) in [4.78, 5) is 21.3. The lowest BCUT2D eigenvalue weighted by molar-refractivity contribution is 0.192. The molecule has 2 aliphatic rings. The van der Waals surface area contributed by atoms with Crippen molar-refractivity contribution in [3.05, 3.63) is 23.5 Å². The van der Waals surface area contributed by atoms with Crippen molar-refractivity contribution in [1.82, 2.24) is 14.8 Å². The summed E-state index contributed by atoms with van der Waals surface area (Å²) in [7, 11) is 0. The Hall–Kier alpha value is -1.62. The number of hydrogen-bond acceptors (Lipinski definition) is 3. The van der Waals surface area contributed by atoms with Crippen molar-refractivity contribution in [2.75, 3.05) is 38.0 Å². The summed E-state index contributed by atoms with van der Waals surface area (Å²) in [5.41, 5.74) is 2.81. The fourth-order valence-corrected chi connectivity index (χ4v) is 3.63. The van der Waals surface area contributed by atoms with E-state index in [0.717, 1.165) is 43.0 Å². The highest BCUT2D eigenvalue weighted by Gasteiger charge is 2.28. The molecule has 1 aromatic heterocycles. The van der Waals surface area contributed by atoms with Crippen molar-refractivity contribution >= 4 is 11.7 Å². The molecule has 0 aliphatic carbocycles. The van der Waals surface area contributed by atoms with Crippen LogP contribution in [-0.2, 0) is 0 Å². The maximum atomic E-state index is 12.5. The van der Waals surface area contributed by atoms with Gasteiger partial charge in [-0.2, -0.15) is 0 Å². The van der Waals surface area contributed by atoms with Gasteiger partial charge >= 0.3 is 6.03 Å². The third-order valence-corrected chi connectivity index (χ3v) is 5.02. The summed E-state index contributed by atoms with van der Waals surface area (Å²) in [6.45, 7) is 9.29. The summed E-state index contributed by atoms with van der Waals surface area (Å²) in [5, 5.41) is 3.05.